The van der Waals surface area contributed by atoms with Gasteiger partial charge in [0, 0.05) is 106 Å². The van der Waals surface area contributed by atoms with Gasteiger partial charge in [0.25, 0.3) is 46.6 Å². The SMILES string of the molecule is COC(=O)c1cc(NC(=O)c2cc(NC(=O)c3cc(NC(=O)c4cc([N+](=O)[O-])cn4C)cn3C)cn2C)cn1C.COC(=O)c1cc(NC(=O)c2cc([N+](=O)[O-])cn2C)cn1C.Cn1cc(NC(=O)c2cc([N+](=O)[O-])cn2C)cc1C(=O)O. The summed E-state index contributed by atoms with van der Waals surface area (Å²) in [6.45, 7) is 0. The van der Waals surface area contributed by atoms with E-state index in [2.05, 4.69) is 31.3 Å². The summed E-state index contributed by atoms with van der Waals surface area (Å²) in [6, 6.07) is 10.7. The van der Waals surface area contributed by atoms with Crippen LogP contribution in [0.1, 0.15) is 83.9 Å². The number of rotatable bonds is 16. The van der Waals surface area contributed by atoms with Gasteiger partial charge in [0.2, 0.25) is 0 Å². The van der Waals surface area contributed by atoms with Gasteiger partial charge in [-0.1, -0.05) is 0 Å². The van der Waals surface area contributed by atoms with Crippen molar-refractivity contribution in [1.82, 2.24) is 36.5 Å². The second-order valence-corrected chi connectivity index (χ2v) is 18.0. The molecule has 0 aliphatic heterocycles. The second-order valence-electron chi connectivity index (χ2n) is 18.0. The number of anilines is 5. The molecule has 8 aromatic rings. The van der Waals surface area contributed by atoms with Gasteiger partial charge in [-0.25, -0.2) is 14.4 Å². The quantitative estimate of drug-likeness (QED) is 0.0420. The second kappa shape index (κ2) is 24.9. The van der Waals surface area contributed by atoms with E-state index < -0.39 is 62.2 Å². The summed E-state index contributed by atoms with van der Waals surface area (Å²) in [4.78, 5) is 127. The number of carboxylic acids is 1. The third-order valence-corrected chi connectivity index (χ3v) is 12.1. The van der Waals surface area contributed by atoms with Crippen molar-refractivity contribution in [3.05, 3.63) is 174 Å². The van der Waals surface area contributed by atoms with Crippen LogP contribution in [0.3, 0.4) is 0 Å². The number of nitro groups is 3. The lowest BCUT2D eigenvalue weighted by Gasteiger charge is -2.03. The lowest BCUT2D eigenvalue weighted by Crippen LogP contribution is -2.15. The van der Waals surface area contributed by atoms with Crippen LogP contribution in [0.2, 0.25) is 0 Å². The Hall–Kier alpha value is -11.8. The summed E-state index contributed by atoms with van der Waals surface area (Å²) < 4.78 is 20.8. The van der Waals surface area contributed by atoms with Gasteiger partial charge in [0.05, 0.1) is 76.0 Å². The van der Waals surface area contributed by atoms with E-state index in [1.165, 1.54) is 146 Å². The first-order valence-corrected chi connectivity index (χ1v) is 23.7. The van der Waals surface area contributed by atoms with Crippen molar-refractivity contribution in [2.45, 2.75) is 0 Å². The molecule has 6 N–H and O–H groups in total. The van der Waals surface area contributed by atoms with E-state index in [-0.39, 0.29) is 62.6 Å². The van der Waals surface area contributed by atoms with E-state index in [1.54, 1.807) is 46.8 Å². The Balaban J connectivity index is 0.000000218. The molecular weight excluding hydrogens is 1100 g/mol. The van der Waals surface area contributed by atoms with Crippen LogP contribution < -0.4 is 26.6 Å². The predicted octanol–water partition coefficient (Wildman–Crippen LogP) is 5.03. The molecule has 0 spiro atoms. The van der Waals surface area contributed by atoms with E-state index in [0.717, 1.165) is 12.1 Å². The van der Waals surface area contributed by atoms with Gasteiger partial charge in [-0.15, -0.1) is 0 Å². The molecule has 5 amide bonds. The lowest BCUT2D eigenvalue weighted by atomic mass is 10.3. The molecule has 0 atom stereocenters. The zero-order valence-electron chi connectivity index (χ0n) is 45.6. The highest BCUT2D eigenvalue weighted by Crippen LogP contribution is 2.24. The van der Waals surface area contributed by atoms with Crippen LogP contribution in [0.4, 0.5) is 45.5 Å². The number of methoxy groups -OCH3 is 2. The number of nitrogens with one attached hydrogen (secondary N) is 5. The minimum absolute atomic E-state index is 0.0168. The maximum absolute atomic E-state index is 13.0. The molecule has 0 saturated heterocycles. The van der Waals surface area contributed by atoms with Crippen molar-refractivity contribution in [1.29, 1.82) is 0 Å². The largest absolute Gasteiger partial charge is 0.477 e. The molecule has 33 heteroatoms. The van der Waals surface area contributed by atoms with E-state index in [0.29, 0.717) is 28.4 Å². The zero-order chi connectivity index (χ0) is 61.5. The Kier molecular flexibility index (Phi) is 18.1. The van der Waals surface area contributed by atoms with Crippen LogP contribution in [0, 0.1) is 30.3 Å². The molecule has 33 nitrogen and oxygen atoms in total. The topological polar surface area (TPSA) is 404 Å². The molecule has 0 aliphatic carbocycles. The predicted molar refractivity (Wildman–Crippen MR) is 293 cm³/mol. The summed E-state index contributed by atoms with van der Waals surface area (Å²) in [5.74, 6) is -4.81. The average molecular weight is 1150 g/mol. The Labute approximate surface area is 467 Å². The molecule has 0 bridgehead atoms. The first-order valence-electron chi connectivity index (χ1n) is 23.7. The molecule has 83 heavy (non-hydrogen) atoms. The highest BCUT2D eigenvalue weighted by atomic mass is 16.6. The van der Waals surface area contributed by atoms with E-state index >= 15 is 0 Å². The Morgan fingerprint density at radius 1 is 0.349 bits per heavy atom. The summed E-state index contributed by atoms with van der Waals surface area (Å²) in [6.07, 6.45) is 11.3. The molecule has 434 valence electrons. The van der Waals surface area contributed by atoms with Crippen LogP contribution in [-0.4, -0.2) is 118 Å². The van der Waals surface area contributed by atoms with Gasteiger partial charge in [0.1, 0.15) is 45.6 Å². The van der Waals surface area contributed by atoms with Gasteiger partial charge < -0.3 is 77.7 Å². The van der Waals surface area contributed by atoms with Crippen molar-refractivity contribution in [3.8, 4) is 0 Å². The standard InChI is InChI=1S/C25H26N8O7.C13H14N4O5.C12H12N4O5/c1-29-10-14(6-19(29)23(35)28-16-8-21(25(37)40-5)31(3)12-16)26-22(34)18-7-15(11-30(18)2)27-24(36)20-9-17(33(38)39)13-32(20)4;1-15-6-8(4-11(15)13(19)22-3)14-12(18)10-5-9(17(20)21)7-16(10)2;1-14-5-7(3-10(14)12(18)19)13-11(17)9-4-8(16(20)21)6-15(9)2/h6-13H,1-5H3,(H,26,34)(H,27,36)(H,28,35);4-7H,1-3H3,(H,14,18);3-6H,1-2H3,(H,13,17)(H,18,19). The minimum atomic E-state index is -1.12. The number of nitrogens with zero attached hydrogens (tertiary/aromatic N) is 11. The van der Waals surface area contributed by atoms with Crippen molar-refractivity contribution < 1.29 is 67.7 Å². The highest BCUT2D eigenvalue weighted by molar-refractivity contribution is 6.09. The Bertz CT molecular complexity index is 3930. The van der Waals surface area contributed by atoms with Crippen LogP contribution >= 0.6 is 0 Å². The minimum Gasteiger partial charge on any atom is -0.477 e. The fraction of sp³-hybridized carbons (Fsp3) is 0.200. The number of aromatic carboxylic acids is 1. The maximum atomic E-state index is 13.0. The number of aromatic nitrogens is 8. The molecule has 8 rings (SSSR count). The van der Waals surface area contributed by atoms with E-state index in [1.807, 2.05) is 0 Å². The number of esters is 2. The number of hydrogen-bond acceptors (Lipinski definition) is 16. The average Bonchev–Trinajstić information content (AvgIpc) is 4.51. The number of ether oxygens (including phenoxy) is 2. The fourth-order valence-corrected chi connectivity index (χ4v) is 8.04. The van der Waals surface area contributed by atoms with Gasteiger partial charge >= 0.3 is 17.9 Å². The molecule has 0 aromatic carbocycles. The summed E-state index contributed by atoms with van der Waals surface area (Å²) in [5.41, 5.74) is 2.48. The normalized spacial score (nSPS) is 10.5. The lowest BCUT2D eigenvalue weighted by molar-refractivity contribution is -0.385. The summed E-state index contributed by atoms with van der Waals surface area (Å²) in [5, 5.41) is 54.4. The number of carboxylic acid groups (broad SMARTS) is 1. The van der Waals surface area contributed by atoms with Crippen LogP contribution in [0.15, 0.2) is 98.1 Å². The summed E-state index contributed by atoms with van der Waals surface area (Å²) in [7, 11) is 15.1. The van der Waals surface area contributed by atoms with Crippen LogP contribution in [-0.2, 0) is 65.9 Å². The molecule has 8 aromatic heterocycles. The molecule has 8 heterocycles. The third-order valence-electron chi connectivity index (χ3n) is 12.1. The van der Waals surface area contributed by atoms with Crippen molar-refractivity contribution in [2.75, 3.05) is 40.8 Å². The summed E-state index contributed by atoms with van der Waals surface area (Å²) >= 11 is 0. The highest BCUT2D eigenvalue weighted by Gasteiger charge is 2.24. The van der Waals surface area contributed by atoms with Crippen LogP contribution in [0.5, 0.6) is 0 Å². The third kappa shape index (κ3) is 14.1. The number of hydrogen-bond donors (Lipinski definition) is 6. The monoisotopic (exact) mass is 1150 g/mol. The first kappa shape index (κ1) is 60.4. The van der Waals surface area contributed by atoms with Crippen molar-refractivity contribution in [2.24, 2.45) is 56.4 Å². The maximum Gasteiger partial charge on any atom is 0.354 e. The van der Waals surface area contributed by atoms with Gasteiger partial charge in [-0.2, -0.15) is 0 Å². The first-order chi connectivity index (χ1) is 39.0. The van der Waals surface area contributed by atoms with Crippen LogP contribution in [0.25, 0.3) is 0 Å². The number of amides is 5. The fourth-order valence-electron chi connectivity index (χ4n) is 8.04. The molecule has 0 saturated carbocycles. The van der Waals surface area contributed by atoms with Gasteiger partial charge in [-0.05, 0) is 30.3 Å². The van der Waals surface area contributed by atoms with Gasteiger partial charge in [-0.3, -0.25) is 54.3 Å². The smallest absolute Gasteiger partial charge is 0.354 e. The number of carbonyl (C=O) groups is 8. The molecular formula is C50H52N16O17. The molecule has 0 aliphatic rings. The zero-order valence-corrected chi connectivity index (χ0v) is 45.6. The van der Waals surface area contributed by atoms with Crippen molar-refractivity contribution >= 4 is 92.9 Å². The van der Waals surface area contributed by atoms with Crippen molar-refractivity contribution in [3.63, 3.8) is 0 Å². The Morgan fingerprint density at radius 2 is 0.542 bits per heavy atom. The van der Waals surface area contributed by atoms with Gasteiger partial charge in [0.15, 0.2) is 0 Å². The van der Waals surface area contributed by atoms with E-state index in [4.69, 9.17) is 9.84 Å². The van der Waals surface area contributed by atoms with E-state index in [9.17, 15) is 68.7 Å². The number of carbonyl (C=O) groups excluding carboxylic acids is 7. The molecule has 0 unspecified atom stereocenters. The Morgan fingerprint density at radius 3 is 0.747 bits per heavy atom. The number of aryl methyl sites for hydroxylation is 8. The molecule has 0 radical (unpaired) electrons. The molecule has 0 fully saturated rings.